The van der Waals surface area contributed by atoms with Gasteiger partial charge in [0.25, 0.3) is 11.8 Å². The molecule has 0 radical (unpaired) electrons. The zero-order valence-electron chi connectivity index (χ0n) is 18.9. The SMILES string of the molecule is COCCCN1C(=O)COc2ccc(CO)cc21.O=C1COC=CN1.OCC1=CCCC=C1. The molecule has 1 aromatic rings. The summed E-state index contributed by atoms with van der Waals surface area (Å²) in [5, 5.41) is 20.2. The van der Waals surface area contributed by atoms with Gasteiger partial charge in [-0.2, -0.15) is 0 Å². The maximum atomic E-state index is 11.8. The predicted molar refractivity (Wildman–Crippen MR) is 123 cm³/mol. The summed E-state index contributed by atoms with van der Waals surface area (Å²) in [6.07, 6.45) is 12.0. The fraction of sp³-hybridized carbons (Fsp3) is 0.417. The number of nitrogens with one attached hydrogen (secondary N) is 1. The van der Waals surface area contributed by atoms with Crippen LogP contribution in [0.25, 0.3) is 0 Å². The number of rotatable bonds is 6. The summed E-state index contributed by atoms with van der Waals surface area (Å²) in [7, 11) is 1.64. The number of nitrogens with zero attached hydrogens (tertiary/aromatic N) is 1. The maximum absolute atomic E-state index is 11.8. The van der Waals surface area contributed by atoms with Crippen LogP contribution in [0, 0.1) is 0 Å². The number of anilines is 1. The standard InChI is InChI=1S/C13H17NO4.C7H10O.C4H5NO2/c1-17-6-2-5-14-11-7-10(8-15)3-4-12(11)18-9-13(14)16;8-6-7-4-2-1-3-5-7;6-4-3-7-2-1-5-4/h3-4,7,15H,2,5-6,8-9H2,1H3;2,4-5,8H,1,3,6H2;1-2H,3H2,(H,5,6). The number of hydrogen-bond donors (Lipinski definition) is 3. The number of hydrogen-bond acceptors (Lipinski definition) is 7. The number of carbonyl (C=O) groups excluding carboxylic acids is 2. The number of benzene rings is 1. The Hall–Kier alpha value is -3.14. The van der Waals surface area contributed by atoms with Gasteiger partial charge in [-0.15, -0.1) is 0 Å². The molecule has 0 bridgehead atoms. The number of fused-ring (bicyclic) bond motifs is 1. The molecule has 0 atom stereocenters. The molecule has 180 valence electrons. The van der Waals surface area contributed by atoms with Crippen LogP contribution in [0.3, 0.4) is 0 Å². The van der Waals surface area contributed by atoms with E-state index in [9.17, 15) is 9.59 Å². The molecule has 9 nitrogen and oxygen atoms in total. The van der Waals surface area contributed by atoms with Crippen molar-refractivity contribution < 1.29 is 34.0 Å². The summed E-state index contributed by atoms with van der Waals surface area (Å²) >= 11 is 0. The Morgan fingerprint density at radius 2 is 2.00 bits per heavy atom. The molecule has 2 heterocycles. The number of methoxy groups -OCH3 is 1. The van der Waals surface area contributed by atoms with E-state index >= 15 is 0 Å². The second kappa shape index (κ2) is 14.8. The van der Waals surface area contributed by atoms with E-state index in [1.54, 1.807) is 30.2 Å². The highest BCUT2D eigenvalue weighted by atomic mass is 16.5. The molecule has 2 amide bonds. The molecule has 3 N–H and O–H groups in total. The topological polar surface area (TPSA) is 118 Å². The van der Waals surface area contributed by atoms with Gasteiger partial charge in [-0.05, 0) is 42.5 Å². The zero-order valence-corrected chi connectivity index (χ0v) is 18.9. The lowest BCUT2D eigenvalue weighted by atomic mass is 10.1. The molecular formula is C24H32N2O7. The normalized spacial score (nSPS) is 16.1. The average molecular weight is 461 g/mol. The molecule has 0 unspecified atom stereocenters. The fourth-order valence-corrected chi connectivity index (χ4v) is 3.08. The Morgan fingerprint density at radius 3 is 2.55 bits per heavy atom. The molecule has 1 aromatic carbocycles. The molecule has 33 heavy (non-hydrogen) atoms. The van der Waals surface area contributed by atoms with Crippen molar-refractivity contribution in [3.63, 3.8) is 0 Å². The Kier molecular flexibility index (Phi) is 11.7. The van der Waals surface area contributed by atoms with Crippen molar-refractivity contribution in [2.45, 2.75) is 25.9 Å². The van der Waals surface area contributed by atoms with Crippen LogP contribution < -0.4 is 15.0 Å². The van der Waals surface area contributed by atoms with Gasteiger partial charge in [0, 0.05) is 26.5 Å². The number of ether oxygens (including phenoxy) is 3. The van der Waals surface area contributed by atoms with Crippen molar-refractivity contribution in [3.8, 4) is 5.75 Å². The molecule has 0 saturated heterocycles. The van der Waals surface area contributed by atoms with Crippen LogP contribution in [-0.4, -0.2) is 62.1 Å². The summed E-state index contributed by atoms with van der Waals surface area (Å²) < 4.78 is 14.9. The van der Waals surface area contributed by atoms with Gasteiger partial charge >= 0.3 is 0 Å². The van der Waals surface area contributed by atoms with Crippen molar-refractivity contribution in [3.05, 3.63) is 60.0 Å². The van der Waals surface area contributed by atoms with E-state index < -0.39 is 0 Å². The molecule has 4 rings (SSSR count). The largest absolute Gasteiger partial charge is 0.490 e. The van der Waals surface area contributed by atoms with E-state index in [0.717, 1.165) is 36.1 Å². The zero-order chi connectivity index (χ0) is 23.9. The number of aliphatic hydroxyl groups is 2. The highest BCUT2D eigenvalue weighted by molar-refractivity contribution is 5.97. The molecule has 0 saturated carbocycles. The van der Waals surface area contributed by atoms with Gasteiger partial charge in [0.15, 0.2) is 13.2 Å². The molecule has 3 aliphatic rings. The third-order valence-corrected chi connectivity index (χ3v) is 4.76. The lowest BCUT2D eigenvalue weighted by Crippen LogP contribution is -2.39. The third-order valence-electron chi connectivity index (χ3n) is 4.76. The number of allylic oxidation sites excluding steroid dienone is 2. The van der Waals surface area contributed by atoms with E-state index in [4.69, 9.17) is 19.7 Å². The van der Waals surface area contributed by atoms with Crippen molar-refractivity contribution in [2.24, 2.45) is 0 Å². The van der Waals surface area contributed by atoms with Crippen LogP contribution in [0.1, 0.15) is 24.8 Å². The van der Waals surface area contributed by atoms with Crippen LogP contribution >= 0.6 is 0 Å². The summed E-state index contributed by atoms with van der Waals surface area (Å²) in [4.78, 5) is 23.7. The summed E-state index contributed by atoms with van der Waals surface area (Å²) in [6, 6.07) is 5.37. The first kappa shape index (κ1) is 26.1. The minimum absolute atomic E-state index is 0.0482. The average Bonchev–Trinajstić information content (AvgIpc) is 2.87. The molecule has 2 aliphatic heterocycles. The number of amides is 2. The number of aliphatic hydroxyl groups excluding tert-OH is 2. The highest BCUT2D eigenvalue weighted by Crippen LogP contribution is 2.33. The van der Waals surface area contributed by atoms with Gasteiger partial charge < -0.3 is 34.6 Å². The Labute approximate surface area is 193 Å². The van der Waals surface area contributed by atoms with E-state index in [2.05, 4.69) is 22.2 Å². The fourth-order valence-electron chi connectivity index (χ4n) is 3.08. The van der Waals surface area contributed by atoms with Gasteiger partial charge in [0.2, 0.25) is 0 Å². The van der Waals surface area contributed by atoms with Crippen LogP contribution in [0.2, 0.25) is 0 Å². The third kappa shape index (κ3) is 9.09. The second-order valence-corrected chi connectivity index (χ2v) is 7.24. The quantitative estimate of drug-likeness (QED) is 0.554. The molecule has 1 aliphatic carbocycles. The van der Waals surface area contributed by atoms with Crippen LogP contribution in [0.4, 0.5) is 5.69 Å². The smallest absolute Gasteiger partial charge is 0.265 e. The summed E-state index contributed by atoms with van der Waals surface area (Å²) in [5.41, 5.74) is 2.55. The molecule has 0 fully saturated rings. The second-order valence-electron chi connectivity index (χ2n) is 7.24. The minimum Gasteiger partial charge on any atom is -0.490 e. The lowest BCUT2D eigenvalue weighted by molar-refractivity contribution is -0.124. The van der Waals surface area contributed by atoms with E-state index in [1.807, 2.05) is 6.08 Å². The van der Waals surface area contributed by atoms with Crippen molar-refractivity contribution in [1.82, 2.24) is 5.32 Å². The summed E-state index contributed by atoms with van der Waals surface area (Å²) in [5.74, 6) is 0.528. The first-order valence-electron chi connectivity index (χ1n) is 10.8. The predicted octanol–water partition coefficient (Wildman–Crippen LogP) is 1.80. The van der Waals surface area contributed by atoms with Crippen LogP contribution in [0.15, 0.2) is 54.5 Å². The van der Waals surface area contributed by atoms with E-state index in [0.29, 0.717) is 18.9 Å². The van der Waals surface area contributed by atoms with Gasteiger partial charge in [0.05, 0.1) is 25.2 Å². The first-order chi connectivity index (χ1) is 16.1. The van der Waals surface area contributed by atoms with Gasteiger partial charge in [0.1, 0.15) is 5.75 Å². The lowest BCUT2D eigenvalue weighted by Gasteiger charge is -2.29. The van der Waals surface area contributed by atoms with E-state index in [1.165, 1.54) is 12.5 Å². The van der Waals surface area contributed by atoms with Crippen LogP contribution in [-0.2, 0) is 25.7 Å². The maximum Gasteiger partial charge on any atom is 0.265 e. The molecule has 0 aromatic heterocycles. The van der Waals surface area contributed by atoms with Crippen molar-refractivity contribution >= 4 is 17.5 Å². The Balaban J connectivity index is 0.000000210. The Bertz CT molecular complexity index is 864. The molecule has 9 heteroatoms. The van der Waals surface area contributed by atoms with Gasteiger partial charge in [-0.3, -0.25) is 9.59 Å². The van der Waals surface area contributed by atoms with Crippen molar-refractivity contribution in [2.75, 3.05) is 45.0 Å². The first-order valence-corrected chi connectivity index (χ1v) is 10.8. The highest BCUT2D eigenvalue weighted by Gasteiger charge is 2.25. The monoisotopic (exact) mass is 460 g/mol. The Morgan fingerprint density at radius 1 is 1.15 bits per heavy atom. The van der Waals surface area contributed by atoms with Crippen molar-refractivity contribution in [1.29, 1.82) is 0 Å². The van der Waals surface area contributed by atoms with Crippen LogP contribution in [0.5, 0.6) is 5.75 Å². The van der Waals surface area contributed by atoms with Gasteiger partial charge in [-0.25, -0.2) is 0 Å². The minimum atomic E-state index is -0.0949. The summed E-state index contributed by atoms with van der Waals surface area (Å²) in [6.45, 7) is 1.57. The molecule has 0 spiro atoms. The van der Waals surface area contributed by atoms with Gasteiger partial charge in [-0.1, -0.05) is 24.3 Å². The van der Waals surface area contributed by atoms with E-state index in [-0.39, 0.29) is 38.2 Å². The molecular weight excluding hydrogens is 428 g/mol. The number of carbonyl (C=O) groups is 2.